The van der Waals surface area contributed by atoms with Crippen LogP contribution in [-0.4, -0.2) is 52.0 Å². The molecule has 0 bridgehead atoms. The van der Waals surface area contributed by atoms with Crippen molar-refractivity contribution in [3.8, 4) is 35.5 Å². The molecule has 10 nitrogen and oxygen atoms in total. The number of nitrogens with zero attached hydrogens (tertiary/aromatic N) is 4. The number of carbonyl (C=O) groups excluding carboxylic acids is 1. The minimum absolute atomic E-state index is 0.0836. The number of carbonyl (C=O) groups is 1. The van der Waals surface area contributed by atoms with Gasteiger partial charge in [-0.25, -0.2) is 4.79 Å². The normalized spacial score (nSPS) is 20.6. The minimum atomic E-state index is -1.88. The lowest BCUT2D eigenvalue weighted by Gasteiger charge is -2.45. The largest absolute Gasteiger partial charge is 0.493 e. The average Bonchev–Trinajstić information content (AvgIpc) is 2.87. The Morgan fingerprint density at radius 2 is 1.76 bits per heavy atom. The van der Waals surface area contributed by atoms with Crippen LogP contribution in [0.15, 0.2) is 35.1 Å². The van der Waals surface area contributed by atoms with Gasteiger partial charge in [-0.1, -0.05) is 6.08 Å². The third-order valence-corrected chi connectivity index (χ3v) is 6.24. The van der Waals surface area contributed by atoms with E-state index >= 15 is 0 Å². The number of ether oxygens (including phenoxy) is 4. The molecular formula is C24H25N5O5. The molecule has 10 heteroatoms. The first-order chi connectivity index (χ1) is 16.4. The van der Waals surface area contributed by atoms with E-state index in [4.69, 9.17) is 24.7 Å². The average molecular weight is 463 g/mol. The fourth-order valence-corrected chi connectivity index (χ4v) is 4.70. The fourth-order valence-electron chi connectivity index (χ4n) is 4.70. The number of nitriles is 3. The molecule has 1 amide bonds. The van der Waals surface area contributed by atoms with Crippen LogP contribution >= 0.6 is 0 Å². The van der Waals surface area contributed by atoms with E-state index in [0.29, 0.717) is 28.4 Å². The first-order valence-corrected chi connectivity index (χ1v) is 10.5. The molecule has 0 fully saturated rings. The first kappa shape index (κ1) is 24.3. The van der Waals surface area contributed by atoms with Crippen molar-refractivity contribution in [2.45, 2.75) is 12.8 Å². The lowest BCUT2D eigenvalue weighted by Crippen LogP contribution is -2.49. The van der Waals surface area contributed by atoms with Gasteiger partial charge in [-0.05, 0) is 30.2 Å². The molecule has 1 aromatic rings. The lowest BCUT2D eigenvalue weighted by molar-refractivity contribution is 0.0999. The Balaban J connectivity index is 2.32. The van der Waals surface area contributed by atoms with Crippen molar-refractivity contribution in [1.29, 1.82) is 15.8 Å². The van der Waals surface area contributed by atoms with Gasteiger partial charge in [0.15, 0.2) is 16.9 Å². The van der Waals surface area contributed by atoms with Crippen molar-refractivity contribution in [3.63, 3.8) is 0 Å². The molecule has 1 heterocycles. The van der Waals surface area contributed by atoms with Crippen LogP contribution in [0, 0.1) is 45.3 Å². The van der Waals surface area contributed by atoms with Gasteiger partial charge in [-0.2, -0.15) is 15.8 Å². The van der Waals surface area contributed by atoms with Crippen LogP contribution < -0.4 is 19.9 Å². The number of rotatable bonds is 5. The number of methoxy groups -OCH3 is 3. The molecule has 0 spiro atoms. The van der Waals surface area contributed by atoms with Crippen molar-refractivity contribution in [2.24, 2.45) is 17.1 Å². The molecule has 2 N–H and O–H groups in total. The summed E-state index contributed by atoms with van der Waals surface area (Å²) in [7, 11) is 4.38. The number of hydrogen-bond acceptors (Lipinski definition) is 9. The summed E-state index contributed by atoms with van der Waals surface area (Å²) in [6, 6.07) is 9.50. The second-order valence-corrected chi connectivity index (χ2v) is 7.74. The summed E-state index contributed by atoms with van der Waals surface area (Å²) in [4.78, 5) is 14.0. The van der Waals surface area contributed by atoms with Gasteiger partial charge in [0.1, 0.15) is 6.07 Å². The predicted molar refractivity (Wildman–Crippen MR) is 119 cm³/mol. The monoisotopic (exact) mass is 463 g/mol. The smallest absolute Gasteiger partial charge is 0.410 e. The Bertz CT molecular complexity index is 1140. The highest BCUT2D eigenvalue weighted by Crippen LogP contribution is 2.55. The zero-order chi connectivity index (χ0) is 25.0. The molecule has 0 radical (unpaired) electrons. The van der Waals surface area contributed by atoms with Gasteiger partial charge in [0.2, 0.25) is 5.75 Å². The Labute approximate surface area is 198 Å². The van der Waals surface area contributed by atoms with Crippen molar-refractivity contribution in [1.82, 2.24) is 4.90 Å². The Morgan fingerprint density at radius 1 is 1.15 bits per heavy atom. The summed E-state index contributed by atoms with van der Waals surface area (Å²) in [5.74, 6) is -0.436. The summed E-state index contributed by atoms with van der Waals surface area (Å²) in [6.45, 7) is 2.23. The molecule has 176 valence electrons. The standard InChI is InChI=1S/C24H25N5O5/c1-5-34-23(30)29-7-6-15-16(10-25)22(28)24(12-26,13-27)20(17(15)11-29)14-8-18(31-2)21(33-4)19(9-14)32-3/h6,8-9,17,20H,5,7,11,28H2,1-4H3/t17-,20+/m1/s1. The van der Waals surface area contributed by atoms with Crippen molar-refractivity contribution < 1.29 is 23.7 Å². The molecule has 1 aliphatic carbocycles. The molecule has 0 saturated heterocycles. The van der Waals surface area contributed by atoms with Crippen LogP contribution in [0.25, 0.3) is 0 Å². The second-order valence-electron chi connectivity index (χ2n) is 7.74. The van der Waals surface area contributed by atoms with E-state index in [2.05, 4.69) is 18.2 Å². The highest BCUT2D eigenvalue weighted by atomic mass is 16.6. The maximum atomic E-state index is 12.5. The third kappa shape index (κ3) is 3.62. The van der Waals surface area contributed by atoms with E-state index in [1.807, 2.05) is 0 Å². The van der Waals surface area contributed by atoms with Crippen molar-refractivity contribution in [3.05, 3.63) is 40.6 Å². The SMILES string of the molecule is CCOC(=O)N1CC=C2C(C#N)=C(N)C(C#N)(C#N)[C@@H](c3cc(OC)c(OC)c(OC)c3)[C@@H]2C1. The number of amides is 1. The summed E-state index contributed by atoms with van der Waals surface area (Å²) < 4.78 is 21.5. The van der Waals surface area contributed by atoms with E-state index in [1.54, 1.807) is 25.1 Å². The number of benzene rings is 1. The van der Waals surface area contributed by atoms with E-state index in [0.717, 1.165) is 0 Å². The van der Waals surface area contributed by atoms with Gasteiger partial charge in [-0.3, -0.25) is 0 Å². The van der Waals surface area contributed by atoms with E-state index in [1.165, 1.54) is 26.2 Å². The van der Waals surface area contributed by atoms with Gasteiger partial charge in [0.05, 0.1) is 51.3 Å². The Hall–Kier alpha value is -4.36. The highest BCUT2D eigenvalue weighted by molar-refractivity contribution is 5.70. The number of allylic oxidation sites excluding steroid dienone is 2. The lowest BCUT2D eigenvalue weighted by atomic mass is 9.58. The first-order valence-electron chi connectivity index (χ1n) is 10.5. The molecule has 0 aromatic heterocycles. The topological polar surface area (TPSA) is 155 Å². The zero-order valence-electron chi connectivity index (χ0n) is 19.4. The number of fused-ring (bicyclic) bond motifs is 1. The molecule has 2 atom stereocenters. The Kier molecular flexibility index (Phi) is 6.89. The van der Waals surface area contributed by atoms with Gasteiger partial charge >= 0.3 is 6.09 Å². The fraction of sp³-hybridized carbons (Fsp3) is 0.417. The molecular weight excluding hydrogens is 438 g/mol. The highest BCUT2D eigenvalue weighted by Gasteiger charge is 2.55. The molecule has 1 aromatic carbocycles. The van der Waals surface area contributed by atoms with Gasteiger partial charge in [0.25, 0.3) is 0 Å². The summed E-state index contributed by atoms with van der Waals surface area (Å²) in [5.41, 5.74) is 5.52. The van der Waals surface area contributed by atoms with Crippen molar-refractivity contribution in [2.75, 3.05) is 41.0 Å². The van der Waals surface area contributed by atoms with Crippen LogP contribution in [-0.2, 0) is 4.74 Å². The van der Waals surface area contributed by atoms with E-state index < -0.39 is 23.3 Å². The number of hydrogen-bond donors (Lipinski definition) is 1. The van der Waals surface area contributed by atoms with Gasteiger partial charge in [0, 0.05) is 24.9 Å². The van der Waals surface area contributed by atoms with Crippen LogP contribution in [0.2, 0.25) is 0 Å². The van der Waals surface area contributed by atoms with E-state index in [-0.39, 0.29) is 31.0 Å². The van der Waals surface area contributed by atoms with Crippen molar-refractivity contribution >= 4 is 6.09 Å². The summed E-state index contributed by atoms with van der Waals surface area (Å²) >= 11 is 0. The molecule has 3 rings (SSSR count). The van der Waals surface area contributed by atoms with Crippen LogP contribution in [0.3, 0.4) is 0 Å². The molecule has 34 heavy (non-hydrogen) atoms. The number of nitrogens with two attached hydrogens (primary N) is 1. The molecule has 0 unspecified atom stereocenters. The predicted octanol–water partition coefficient (Wildman–Crippen LogP) is 2.59. The summed E-state index contributed by atoms with van der Waals surface area (Å²) in [6.07, 6.45) is 1.20. The Morgan fingerprint density at radius 3 is 2.24 bits per heavy atom. The van der Waals surface area contributed by atoms with Crippen LogP contribution in [0.5, 0.6) is 17.2 Å². The second kappa shape index (κ2) is 9.64. The van der Waals surface area contributed by atoms with Crippen LogP contribution in [0.1, 0.15) is 18.4 Å². The minimum Gasteiger partial charge on any atom is -0.493 e. The maximum Gasteiger partial charge on any atom is 0.410 e. The molecule has 2 aliphatic rings. The van der Waals surface area contributed by atoms with Crippen LogP contribution in [0.4, 0.5) is 4.79 Å². The molecule has 1 aliphatic heterocycles. The van der Waals surface area contributed by atoms with E-state index in [9.17, 15) is 20.6 Å². The van der Waals surface area contributed by atoms with Gasteiger partial charge < -0.3 is 29.6 Å². The quantitative estimate of drug-likeness (QED) is 0.693. The third-order valence-electron chi connectivity index (χ3n) is 6.24. The van der Waals surface area contributed by atoms with Gasteiger partial charge in [-0.15, -0.1) is 0 Å². The summed E-state index contributed by atoms with van der Waals surface area (Å²) in [5, 5.41) is 30.4. The zero-order valence-corrected chi connectivity index (χ0v) is 19.4. The molecule has 0 saturated carbocycles. The maximum absolute atomic E-state index is 12.5.